The van der Waals surface area contributed by atoms with E-state index in [1.165, 1.54) is 30.2 Å². The fraction of sp³-hybridized carbons (Fsp3) is 0.393. The van der Waals surface area contributed by atoms with E-state index >= 15 is 0 Å². The van der Waals surface area contributed by atoms with Gasteiger partial charge in [-0.2, -0.15) is 13.2 Å². The van der Waals surface area contributed by atoms with E-state index in [2.05, 4.69) is 11.9 Å². The molecule has 0 saturated carbocycles. The molecule has 2 fully saturated rings. The number of hydrogen-bond acceptors (Lipinski definition) is 6. The number of alkyl halides is 3. The summed E-state index contributed by atoms with van der Waals surface area (Å²) in [5, 5.41) is 2.89. The Balaban J connectivity index is 1.42. The van der Waals surface area contributed by atoms with Gasteiger partial charge in [-0.1, -0.05) is 30.9 Å². The molecule has 4 rings (SSSR count). The molecule has 2 aliphatic heterocycles. The van der Waals surface area contributed by atoms with Crippen molar-refractivity contribution in [2.75, 3.05) is 25.5 Å². The largest absolute Gasteiger partial charge is 0.445 e. The Morgan fingerprint density at radius 1 is 1.15 bits per heavy atom. The summed E-state index contributed by atoms with van der Waals surface area (Å²) < 4.78 is 46.3. The van der Waals surface area contributed by atoms with Gasteiger partial charge in [0, 0.05) is 30.9 Å². The van der Waals surface area contributed by atoms with Gasteiger partial charge in [0.05, 0.1) is 24.3 Å². The first-order valence-electron chi connectivity index (χ1n) is 13.0. The van der Waals surface area contributed by atoms with Gasteiger partial charge in [-0.15, -0.1) is 0 Å². The minimum Gasteiger partial charge on any atom is -0.445 e. The van der Waals surface area contributed by atoms with Crippen LogP contribution in [-0.2, 0) is 27.5 Å². The highest BCUT2D eigenvalue weighted by Crippen LogP contribution is 2.39. The lowest BCUT2D eigenvalue weighted by Crippen LogP contribution is -2.52. The van der Waals surface area contributed by atoms with Crippen molar-refractivity contribution in [1.82, 2.24) is 14.5 Å². The van der Waals surface area contributed by atoms with Gasteiger partial charge in [-0.05, 0) is 67.8 Å². The summed E-state index contributed by atoms with van der Waals surface area (Å²) in [6, 6.07) is 10.8. The van der Waals surface area contributed by atoms with Gasteiger partial charge in [0.25, 0.3) is 5.91 Å². The van der Waals surface area contributed by atoms with Gasteiger partial charge >= 0.3 is 12.3 Å². The van der Waals surface area contributed by atoms with E-state index in [1.54, 1.807) is 33.8 Å². The van der Waals surface area contributed by atoms with E-state index in [0.29, 0.717) is 26.0 Å². The van der Waals surface area contributed by atoms with E-state index in [4.69, 9.17) is 16.5 Å². The molecule has 0 spiro atoms. The van der Waals surface area contributed by atoms with Crippen LogP contribution in [0.25, 0.3) is 0 Å². The monoisotopic (exact) mass is 606 g/mol. The number of benzene rings is 2. The van der Waals surface area contributed by atoms with Crippen LogP contribution in [-0.4, -0.2) is 70.7 Å². The van der Waals surface area contributed by atoms with Crippen LogP contribution >= 0.6 is 7.51 Å². The molecule has 41 heavy (non-hydrogen) atoms. The first-order chi connectivity index (χ1) is 19.5. The Hall–Kier alpha value is -3.50. The Morgan fingerprint density at radius 2 is 1.83 bits per heavy atom. The van der Waals surface area contributed by atoms with Crippen molar-refractivity contribution in [3.05, 3.63) is 72.3 Å². The second kappa shape index (κ2) is 13.0. The van der Waals surface area contributed by atoms with Crippen molar-refractivity contribution >= 4 is 48.6 Å². The number of nitrogens with one attached hydrogen (secondary N) is 1. The zero-order chi connectivity index (χ0) is 29.7. The van der Waals surface area contributed by atoms with Gasteiger partial charge in [0.2, 0.25) is 5.91 Å². The number of piperidine rings is 1. The van der Waals surface area contributed by atoms with E-state index in [0.717, 1.165) is 25.0 Å². The summed E-state index contributed by atoms with van der Waals surface area (Å²) in [6.07, 6.45) is -0.613. The number of likely N-dealkylation sites (N-methyl/N-ethyl adjacent to an activating group) is 1. The number of nitrogens with zero attached hydrogens (tertiary/aromatic N) is 3. The Labute approximate surface area is 243 Å². The van der Waals surface area contributed by atoms with Gasteiger partial charge in [0.1, 0.15) is 13.2 Å². The predicted molar refractivity (Wildman–Crippen MR) is 152 cm³/mol. The van der Waals surface area contributed by atoms with Crippen molar-refractivity contribution in [2.24, 2.45) is 0 Å². The maximum atomic E-state index is 13.4. The van der Waals surface area contributed by atoms with Crippen molar-refractivity contribution < 1.29 is 32.3 Å². The molecule has 2 aliphatic rings. The smallest absolute Gasteiger partial charge is 0.416 e. The third kappa shape index (κ3) is 7.05. The molecule has 1 unspecified atom stereocenters. The van der Waals surface area contributed by atoms with Crippen molar-refractivity contribution in [3.8, 4) is 0 Å². The molecule has 0 aliphatic carbocycles. The summed E-state index contributed by atoms with van der Waals surface area (Å²) in [5.41, 5.74) is -0.136. The van der Waals surface area contributed by atoms with E-state index in [9.17, 15) is 27.6 Å². The van der Waals surface area contributed by atoms with Gasteiger partial charge < -0.3 is 19.9 Å². The van der Waals surface area contributed by atoms with Crippen molar-refractivity contribution in [3.63, 3.8) is 0 Å². The lowest BCUT2D eigenvalue weighted by molar-refractivity contribution is -0.137. The molecule has 2 aromatic carbocycles. The van der Waals surface area contributed by atoms with Crippen LogP contribution in [0, 0.1) is 0 Å². The highest BCUT2D eigenvalue weighted by atomic mass is 32.4. The standard InChI is InChI=1S/C28H30F3N4O4PS/c1-3-13-39-27(38)34-20-11-12-21(34)16-22(15-20)35(40-41)25(36)17-33(2)26(37)23-9-4-5-10-24(23)32-19-8-6-7-18(14-19)28(29,30)31/h3-10,14,20-22,32H,1,11-13,15-17H2,2H3/t20-,21+,22?. The molecule has 8 nitrogen and oxygen atoms in total. The highest BCUT2D eigenvalue weighted by molar-refractivity contribution is 7.95. The molecular weight excluding hydrogens is 576 g/mol. The SMILES string of the molecule is C=CCOC(=O)N1[C@@H]2CC[C@H]1CC(N(P=S)C(=O)CN(C)C(=O)c1ccccc1Nc1cccc(C(F)(F)F)c1)C2. The maximum absolute atomic E-state index is 13.4. The number of ether oxygens (including phenoxy) is 1. The number of amides is 3. The molecule has 218 valence electrons. The average molecular weight is 607 g/mol. The number of carbonyl (C=O) groups is 3. The third-order valence-electron chi connectivity index (χ3n) is 7.28. The molecule has 13 heteroatoms. The number of halogens is 3. The van der Waals surface area contributed by atoms with Crippen LogP contribution in [0.2, 0.25) is 0 Å². The average Bonchev–Trinajstić information content (AvgIpc) is 3.21. The normalized spacial score (nSPS) is 19.9. The number of carbonyl (C=O) groups excluding carboxylic acids is 3. The third-order valence-corrected chi connectivity index (χ3v) is 8.53. The highest BCUT2D eigenvalue weighted by Gasteiger charge is 2.46. The number of para-hydroxylation sites is 1. The van der Waals surface area contributed by atoms with Crippen molar-refractivity contribution in [2.45, 2.75) is 50.0 Å². The Bertz CT molecular complexity index is 1310. The second-order valence-electron chi connectivity index (χ2n) is 10.0. The molecule has 3 atom stereocenters. The molecule has 1 N–H and O–H groups in total. The summed E-state index contributed by atoms with van der Waals surface area (Å²) in [4.78, 5) is 42.2. The minimum absolute atomic E-state index is 0.0590. The second-order valence-corrected chi connectivity index (χ2v) is 11.1. The molecule has 2 bridgehead atoms. The van der Waals surface area contributed by atoms with Crippen LogP contribution < -0.4 is 5.32 Å². The fourth-order valence-corrected chi connectivity index (χ4v) is 6.58. The molecule has 0 aromatic heterocycles. The molecule has 2 aromatic rings. The lowest BCUT2D eigenvalue weighted by atomic mass is 9.97. The number of rotatable bonds is 9. The number of hydrogen-bond donors (Lipinski definition) is 1. The summed E-state index contributed by atoms with van der Waals surface area (Å²) in [5.74, 6) is -0.804. The van der Waals surface area contributed by atoms with Gasteiger partial charge in [-0.3, -0.25) is 14.3 Å². The van der Waals surface area contributed by atoms with E-state index in [1.807, 2.05) is 0 Å². The Morgan fingerprint density at radius 3 is 2.46 bits per heavy atom. The van der Waals surface area contributed by atoms with Crippen LogP contribution in [0.4, 0.5) is 29.3 Å². The fourth-order valence-electron chi connectivity index (χ4n) is 5.43. The maximum Gasteiger partial charge on any atom is 0.416 e. The zero-order valence-electron chi connectivity index (χ0n) is 22.3. The minimum atomic E-state index is -4.51. The zero-order valence-corrected chi connectivity index (χ0v) is 24.1. The first kappa shape index (κ1) is 30.5. The summed E-state index contributed by atoms with van der Waals surface area (Å²) in [7, 11) is 1.81. The van der Waals surface area contributed by atoms with Crippen LogP contribution in [0.1, 0.15) is 41.6 Å². The number of anilines is 2. The van der Waals surface area contributed by atoms with Crippen molar-refractivity contribution in [1.29, 1.82) is 0 Å². The quantitative estimate of drug-likeness (QED) is 0.279. The predicted octanol–water partition coefficient (Wildman–Crippen LogP) is 5.99. The first-order valence-corrected chi connectivity index (χ1v) is 14.9. The molecule has 3 amide bonds. The van der Waals surface area contributed by atoms with Gasteiger partial charge in [0.15, 0.2) is 0 Å². The van der Waals surface area contributed by atoms with Gasteiger partial charge in [-0.25, -0.2) is 4.79 Å². The Kier molecular flexibility index (Phi) is 9.65. The number of fused-ring (bicyclic) bond motifs is 2. The summed E-state index contributed by atoms with van der Waals surface area (Å²) in [6.45, 7) is 3.46. The molecule has 2 saturated heterocycles. The molecular formula is C28H30F3N4O4PS. The summed E-state index contributed by atoms with van der Waals surface area (Å²) >= 11 is 5.28. The molecule has 0 radical (unpaired) electrons. The topological polar surface area (TPSA) is 82.2 Å². The van der Waals surface area contributed by atoms with Crippen LogP contribution in [0.3, 0.4) is 0 Å². The molecule has 2 heterocycles. The van der Waals surface area contributed by atoms with E-state index < -0.39 is 17.6 Å². The van der Waals surface area contributed by atoms with Crippen LogP contribution in [0.5, 0.6) is 0 Å². The lowest BCUT2D eigenvalue weighted by Gasteiger charge is -2.41. The van der Waals surface area contributed by atoms with Crippen LogP contribution in [0.15, 0.2) is 61.2 Å². The van der Waals surface area contributed by atoms with E-state index in [-0.39, 0.29) is 54.5 Å².